The van der Waals surface area contributed by atoms with Crippen molar-refractivity contribution in [3.8, 4) is 17.2 Å². The third-order valence-corrected chi connectivity index (χ3v) is 7.14. The zero-order valence-corrected chi connectivity index (χ0v) is 16.8. The minimum atomic E-state index is -1.25. The maximum atomic E-state index is 15.4. The minimum Gasteiger partial charge on any atom is -0.206 e. The molecule has 0 unspecified atom stereocenters. The number of halogens is 3. The van der Waals surface area contributed by atoms with Gasteiger partial charge in [0.2, 0.25) is 0 Å². The van der Waals surface area contributed by atoms with Gasteiger partial charge in [-0.1, -0.05) is 12.1 Å². The van der Waals surface area contributed by atoms with Crippen molar-refractivity contribution in [1.82, 2.24) is 0 Å². The average molecular weight is 408 g/mol. The summed E-state index contributed by atoms with van der Waals surface area (Å²) in [6.07, 6.45) is 6.89. The highest BCUT2D eigenvalue weighted by atomic mass is 32.2. The van der Waals surface area contributed by atoms with Gasteiger partial charge >= 0.3 is 0 Å². The van der Waals surface area contributed by atoms with Gasteiger partial charge in [0.05, 0.1) is 0 Å². The lowest BCUT2D eigenvalue weighted by atomic mass is 9.81. The van der Waals surface area contributed by atoms with Crippen molar-refractivity contribution in [3.63, 3.8) is 0 Å². The first-order valence-electron chi connectivity index (χ1n) is 8.79. The van der Waals surface area contributed by atoms with Gasteiger partial charge in [0.15, 0.2) is 11.6 Å². The molecule has 1 saturated carbocycles. The smallest absolute Gasteiger partial charge is 0.177 e. The van der Waals surface area contributed by atoms with Crippen LogP contribution >= 0.6 is 23.5 Å². The molecule has 142 valence electrons. The third kappa shape index (κ3) is 3.86. The molecule has 6 heteroatoms. The van der Waals surface area contributed by atoms with E-state index in [9.17, 15) is 14.0 Å². The van der Waals surface area contributed by atoms with Crippen LogP contribution in [0, 0.1) is 28.8 Å². The summed E-state index contributed by atoms with van der Waals surface area (Å²) in [5, 5.41) is 9.83. The Hall–Kier alpha value is -1.58. The van der Waals surface area contributed by atoms with Gasteiger partial charge in [-0.3, -0.25) is 0 Å². The van der Waals surface area contributed by atoms with Gasteiger partial charge in [0, 0.05) is 21.3 Å². The molecule has 0 radical (unpaired) electrons. The summed E-state index contributed by atoms with van der Waals surface area (Å²) in [6, 6.07) is 8.52. The van der Waals surface area contributed by atoms with Crippen molar-refractivity contribution in [1.29, 1.82) is 5.26 Å². The van der Waals surface area contributed by atoms with Gasteiger partial charge < -0.3 is 0 Å². The molecule has 1 nitrogen and oxygen atoms in total. The van der Waals surface area contributed by atoms with Crippen LogP contribution in [0.4, 0.5) is 13.2 Å². The summed E-state index contributed by atoms with van der Waals surface area (Å²) in [6.45, 7) is 0. The number of hydrogen-bond donors (Lipinski definition) is 0. The van der Waals surface area contributed by atoms with Crippen molar-refractivity contribution in [2.24, 2.45) is 0 Å². The molecule has 0 spiro atoms. The van der Waals surface area contributed by atoms with Gasteiger partial charge in [0.1, 0.15) is 17.4 Å². The molecular weight excluding hydrogens is 387 g/mol. The standard InChI is InChI=1S/C21H20F3NS2/c1-26-14-7-3-12(4-8-14)17-16(11-25)19(22)21(24)18(20(17)23)13-5-9-15(27-2)10-6-13/h3-4,7-8,13,15H,5-6,9-10H2,1-2H3. The van der Waals surface area contributed by atoms with Crippen molar-refractivity contribution in [3.05, 3.63) is 52.8 Å². The van der Waals surface area contributed by atoms with Crippen LogP contribution in [0.5, 0.6) is 0 Å². The molecule has 0 amide bonds. The predicted molar refractivity (Wildman–Crippen MR) is 107 cm³/mol. The summed E-state index contributed by atoms with van der Waals surface area (Å²) in [7, 11) is 0. The van der Waals surface area contributed by atoms with E-state index in [1.54, 1.807) is 42.1 Å². The zero-order valence-electron chi connectivity index (χ0n) is 15.2. The molecule has 0 aliphatic heterocycles. The molecule has 0 N–H and O–H groups in total. The molecule has 0 aromatic heterocycles. The average Bonchev–Trinajstić information content (AvgIpc) is 2.71. The molecule has 1 aliphatic carbocycles. The summed E-state index contributed by atoms with van der Waals surface area (Å²) in [4.78, 5) is 0.968. The van der Waals surface area contributed by atoms with Gasteiger partial charge in [-0.2, -0.15) is 17.0 Å². The van der Waals surface area contributed by atoms with E-state index in [4.69, 9.17) is 0 Å². The molecule has 1 fully saturated rings. The largest absolute Gasteiger partial charge is 0.206 e. The lowest BCUT2D eigenvalue weighted by Crippen LogP contribution is -2.18. The van der Waals surface area contributed by atoms with Crippen molar-refractivity contribution in [2.75, 3.05) is 12.5 Å². The van der Waals surface area contributed by atoms with E-state index < -0.39 is 23.0 Å². The fourth-order valence-electron chi connectivity index (χ4n) is 3.76. The van der Waals surface area contributed by atoms with Crippen LogP contribution in [-0.4, -0.2) is 17.8 Å². The Morgan fingerprint density at radius 2 is 1.56 bits per heavy atom. The van der Waals surface area contributed by atoms with Crippen LogP contribution < -0.4 is 0 Å². The zero-order chi connectivity index (χ0) is 19.6. The molecule has 0 bridgehead atoms. The van der Waals surface area contributed by atoms with Gasteiger partial charge in [0.25, 0.3) is 0 Å². The molecule has 27 heavy (non-hydrogen) atoms. The topological polar surface area (TPSA) is 23.8 Å². The maximum Gasteiger partial charge on any atom is 0.177 e. The Labute approximate surface area is 166 Å². The quantitative estimate of drug-likeness (QED) is 0.413. The van der Waals surface area contributed by atoms with Crippen LogP contribution in [0.3, 0.4) is 0 Å². The van der Waals surface area contributed by atoms with E-state index >= 15 is 4.39 Å². The number of nitrogens with zero attached hydrogens (tertiary/aromatic N) is 1. The lowest BCUT2D eigenvalue weighted by molar-refractivity contribution is 0.405. The van der Waals surface area contributed by atoms with Crippen LogP contribution in [0.15, 0.2) is 29.2 Å². The summed E-state index contributed by atoms with van der Waals surface area (Å²) in [5.74, 6) is -3.61. The predicted octanol–water partition coefficient (Wildman–Crippen LogP) is 6.75. The molecule has 1 aliphatic rings. The fraction of sp³-hybridized carbons (Fsp3) is 0.381. The third-order valence-electron chi connectivity index (χ3n) is 5.26. The number of nitriles is 1. The second-order valence-electron chi connectivity index (χ2n) is 6.66. The van der Waals surface area contributed by atoms with E-state index in [1.165, 1.54) is 11.8 Å². The van der Waals surface area contributed by atoms with Gasteiger partial charge in [-0.15, -0.1) is 11.8 Å². The van der Waals surface area contributed by atoms with E-state index in [-0.39, 0.29) is 17.0 Å². The molecule has 2 aromatic carbocycles. The maximum absolute atomic E-state index is 15.4. The van der Waals surface area contributed by atoms with Crippen LogP contribution in [0.1, 0.15) is 42.7 Å². The first-order chi connectivity index (χ1) is 13.0. The van der Waals surface area contributed by atoms with Crippen molar-refractivity contribution >= 4 is 23.5 Å². The second-order valence-corrected chi connectivity index (χ2v) is 8.67. The lowest BCUT2D eigenvalue weighted by Gasteiger charge is -2.29. The molecule has 3 rings (SSSR count). The Morgan fingerprint density at radius 1 is 0.926 bits per heavy atom. The summed E-state index contributed by atoms with van der Waals surface area (Å²) < 4.78 is 44.8. The second kappa shape index (κ2) is 8.62. The summed E-state index contributed by atoms with van der Waals surface area (Å²) >= 11 is 3.28. The first-order valence-corrected chi connectivity index (χ1v) is 11.3. The normalized spacial score (nSPS) is 19.7. The highest BCUT2D eigenvalue weighted by Crippen LogP contribution is 2.43. The van der Waals surface area contributed by atoms with E-state index in [0.717, 1.165) is 17.7 Å². The minimum absolute atomic E-state index is 0.133. The monoisotopic (exact) mass is 407 g/mol. The SMILES string of the molecule is CSc1ccc(-c2c(F)c(C3CCC(SC)CC3)c(F)c(F)c2C#N)cc1. The number of hydrogen-bond acceptors (Lipinski definition) is 3. The summed E-state index contributed by atoms with van der Waals surface area (Å²) in [5.41, 5.74) is -0.510. The molecular formula is C21H20F3NS2. The highest BCUT2D eigenvalue weighted by Gasteiger charge is 2.32. The van der Waals surface area contributed by atoms with Gasteiger partial charge in [-0.05, 0) is 61.8 Å². The van der Waals surface area contributed by atoms with Crippen molar-refractivity contribution < 1.29 is 13.2 Å². The van der Waals surface area contributed by atoms with E-state index in [2.05, 4.69) is 0 Å². The first kappa shape index (κ1) is 20.2. The fourth-order valence-corrected chi connectivity index (χ4v) is 4.91. The van der Waals surface area contributed by atoms with Crippen LogP contribution in [0.2, 0.25) is 0 Å². The number of thioether (sulfide) groups is 2. The van der Waals surface area contributed by atoms with Crippen LogP contribution in [-0.2, 0) is 0 Å². The van der Waals surface area contributed by atoms with Crippen LogP contribution in [0.25, 0.3) is 11.1 Å². The number of rotatable bonds is 4. The highest BCUT2D eigenvalue weighted by molar-refractivity contribution is 7.99. The Bertz CT molecular complexity index is 867. The van der Waals surface area contributed by atoms with Gasteiger partial charge in [-0.25, -0.2) is 13.2 Å². The van der Waals surface area contributed by atoms with E-state index in [1.807, 2.05) is 12.5 Å². The Kier molecular flexibility index (Phi) is 6.44. The molecule has 0 atom stereocenters. The van der Waals surface area contributed by atoms with Crippen molar-refractivity contribution in [2.45, 2.75) is 41.7 Å². The Morgan fingerprint density at radius 3 is 2.07 bits per heavy atom. The molecule has 0 saturated heterocycles. The molecule has 0 heterocycles. The Balaban J connectivity index is 2.13. The molecule has 2 aromatic rings. The van der Waals surface area contributed by atoms with E-state index in [0.29, 0.717) is 23.7 Å². The number of benzene rings is 2.